The minimum atomic E-state index is -1.73. The van der Waals surface area contributed by atoms with Crippen molar-refractivity contribution < 1.29 is 33.0 Å². The van der Waals surface area contributed by atoms with Crippen LogP contribution in [0.15, 0.2) is 0 Å². The molecule has 0 aromatic carbocycles. The summed E-state index contributed by atoms with van der Waals surface area (Å²) in [6, 6.07) is 0. The first-order valence-electron chi connectivity index (χ1n) is 12.1. The van der Waals surface area contributed by atoms with Crippen LogP contribution in [-0.4, -0.2) is 73.5 Å². The molecule has 0 saturated heterocycles. The summed E-state index contributed by atoms with van der Waals surface area (Å²) < 4.78 is 21.0. The molecular formula is C24H45B2ClO7Si. The third-order valence-corrected chi connectivity index (χ3v) is 6.70. The van der Waals surface area contributed by atoms with Crippen LogP contribution >= 0.6 is 11.6 Å². The van der Waals surface area contributed by atoms with Gasteiger partial charge in [0.25, 0.3) is 0 Å². The molecule has 11 heteroatoms. The first-order chi connectivity index (χ1) is 16.0. The van der Waals surface area contributed by atoms with E-state index in [4.69, 9.17) is 30.2 Å². The molecular weight excluding hydrogens is 485 g/mol. The summed E-state index contributed by atoms with van der Waals surface area (Å²) in [7, 11) is 7.50. The number of carbonyl (C=O) groups excluding carboxylic acids is 3. The summed E-state index contributed by atoms with van der Waals surface area (Å²) in [4.78, 5) is 36.0. The van der Waals surface area contributed by atoms with Crippen molar-refractivity contribution in [1.82, 2.24) is 0 Å². The highest BCUT2D eigenvalue weighted by atomic mass is 35.5. The van der Waals surface area contributed by atoms with E-state index in [0.29, 0.717) is 0 Å². The first-order valence-corrected chi connectivity index (χ1v) is 15.9. The number of hydrogen-bond acceptors (Lipinski definition) is 7. The zero-order valence-electron chi connectivity index (χ0n) is 23.3. The predicted octanol–water partition coefficient (Wildman–Crippen LogP) is 4.73. The molecule has 2 unspecified atom stereocenters. The highest BCUT2D eigenvalue weighted by Gasteiger charge is 2.49. The maximum atomic E-state index is 13.0. The van der Waals surface area contributed by atoms with E-state index in [0.717, 1.165) is 0 Å². The number of halogens is 1. The lowest BCUT2D eigenvalue weighted by Crippen LogP contribution is -2.45. The van der Waals surface area contributed by atoms with Gasteiger partial charge in [-0.15, -0.1) is 11.6 Å². The number of methoxy groups -OCH3 is 1. The lowest BCUT2D eigenvalue weighted by atomic mass is 9.69. The molecule has 0 bridgehead atoms. The van der Waals surface area contributed by atoms with E-state index in [9.17, 15) is 14.4 Å². The fourth-order valence-corrected chi connectivity index (χ4v) is 4.57. The Morgan fingerprint density at radius 2 is 1.31 bits per heavy atom. The van der Waals surface area contributed by atoms with Crippen molar-refractivity contribution in [2.45, 2.75) is 97.7 Å². The van der Waals surface area contributed by atoms with Gasteiger partial charge in [-0.05, 0) is 67.1 Å². The van der Waals surface area contributed by atoms with Gasteiger partial charge in [-0.25, -0.2) is 0 Å². The van der Waals surface area contributed by atoms with Crippen LogP contribution in [0.3, 0.4) is 0 Å². The monoisotopic (exact) mass is 530 g/mol. The number of alkyl halides is 1. The lowest BCUT2D eigenvalue weighted by molar-refractivity contribution is -0.164. The zero-order valence-corrected chi connectivity index (χ0v) is 25.0. The quantitative estimate of drug-likeness (QED) is 0.119. The molecule has 0 aliphatic heterocycles. The van der Waals surface area contributed by atoms with Crippen LogP contribution in [0.2, 0.25) is 19.6 Å². The smallest absolute Gasteiger partial charge is 0.326 e. The van der Waals surface area contributed by atoms with Crippen LogP contribution in [0.5, 0.6) is 0 Å². The standard InChI is InChI=1S/C20H37ClO7Si.C4H8.B2/c1-10-26-15(22)18(2,3)13-19(4,14-20(5,21)17(24)25-6)16(23)27-11-12-28-29(7,8)9;1-2-4-3-1;1-2/h10-14H2,1-9H3;1-4H2;. The summed E-state index contributed by atoms with van der Waals surface area (Å²) in [6.07, 6.45) is 6.02. The Labute approximate surface area is 221 Å². The number of ether oxygens (including phenoxy) is 3. The van der Waals surface area contributed by atoms with E-state index in [1.54, 1.807) is 27.7 Å². The van der Waals surface area contributed by atoms with Gasteiger partial charge in [0.05, 0.1) is 31.2 Å². The van der Waals surface area contributed by atoms with E-state index >= 15 is 0 Å². The lowest BCUT2D eigenvalue weighted by Gasteiger charge is -2.37. The molecule has 1 fully saturated rings. The second-order valence-corrected chi connectivity index (χ2v) is 16.1. The summed E-state index contributed by atoms with van der Waals surface area (Å²) in [5, 5.41) is 0. The van der Waals surface area contributed by atoms with Crippen molar-refractivity contribution in [2.24, 2.45) is 10.8 Å². The molecule has 1 saturated carbocycles. The van der Waals surface area contributed by atoms with Gasteiger partial charge in [-0.3, -0.25) is 14.4 Å². The fraction of sp³-hybridized carbons (Fsp3) is 0.875. The SMILES string of the molecule is C1CCC1.CCOC(=O)C(C)(C)CC(C)(CC(C)(Cl)C(=O)OC)C(=O)OCCO[Si](C)(C)C.[B][B]. The zero-order chi connectivity index (χ0) is 27.9. The van der Waals surface area contributed by atoms with Crippen LogP contribution in [0.25, 0.3) is 0 Å². The van der Waals surface area contributed by atoms with Crippen molar-refractivity contribution >= 4 is 53.3 Å². The van der Waals surface area contributed by atoms with Gasteiger partial charge in [-0.1, -0.05) is 25.7 Å². The molecule has 2 atom stereocenters. The Bertz CT molecular complexity index is 646. The second kappa shape index (κ2) is 16.7. The van der Waals surface area contributed by atoms with Crippen LogP contribution in [0, 0.1) is 10.8 Å². The molecule has 0 spiro atoms. The van der Waals surface area contributed by atoms with Gasteiger partial charge in [-0.2, -0.15) is 0 Å². The summed E-state index contributed by atoms with van der Waals surface area (Å²) in [5.41, 5.74) is -2.21. The summed E-state index contributed by atoms with van der Waals surface area (Å²) >= 11 is 6.39. The van der Waals surface area contributed by atoms with E-state index in [1.165, 1.54) is 39.7 Å². The molecule has 1 rings (SSSR count). The molecule has 0 amide bonds. The van der Waals surface area contributed by atoms with Crippen LogP contribution in [0.4, 0.5) is 0 Å². The van der Waals surface area contributed by atoms with Crippen molar-refractivity contribution in [2.75, 3.05) is 26.9 Å². The molecule has 0 heterocycles. The average Bonchev–Trinajstić information content (AvgIpc) is 2.69. The molecule has 200 valence electrons. The van der Waals surface area contributed by atoms with Crippen molar-refractivity contribution in [3.63, 3.8) is 0 Å². The molecule has 0 N–H and O–H groups in total. The molecule has 0 aromatic rings. The highest BCUT2D eigenvalue weighted by molar-refractivity contribution is 6.75. The number of rotatable bonds is 12. The Balaban J connectivity index is 0. The Hall–Kier alpha value is -0.993. The molecule has 1 aliphatic rings. The van der Waals surface area contributed by atoms with Crippen molar-refractivity contribution in [3.8, 4) is 0 Å². The second-order valence-electron chi connectivity index (χ2n) is 10.7. The minimum absolute atomic E-state index is 0.0647. The first kappa shape index (κ1) is 36.2. The molecule has 1 aliphatic carbocycles. The van der Waals surface area contributed by atoms with Crippen LogP contribution < -0.4 is 0 Å². The Morgan fingerprint density at radius 3 is 1.69 bits per heavy atom. The predicted molar refractivity (Wildman–Crippen MR) is 144 cm³/mol. The van der Waals surface area contributed by atoms with Gasteiger partial charge < -0.3 is 18.6 Å². The van der Waals surface area contributed by atoms with E-state index in [-0.39, 0.29) is 32.7 Å². The number of esters is 3. The number of carbonyl (C=O) groups is 3. The maximum absolute atomic E-state index is 13.0. The van der Waals surface area contributed by atoms with Gasteiger partial charge in [0.1, 0.15) is 11.5 Å². The van der Waals surface area contributed by atoms with Gasteiger partial charge in [0.2, 0.25) is 0 Å². The largest absolute Gasteiger partial charge is 0.468 e. The average molecular weight is 531 g/mol. The van der Waals surface area contributed by atoms with E-state index in [1.807, 2.05) is 19.6 Å². The van der Waals surface area contributed by atoms with Gasteiger partial charge in [0.15, 0.2) is 8.32 Å². The number of hydrogen-bond donors (Lipinski definition) is 0. The van der Waals surface area contributed by atoms with E-state index < -0.39 is 41.9 Å². The van der Waals surface area contributed by atoms with Gasteiger partial charge >= 0.3 is 17.9 Å². The molecule has 7 nitrogen and oxygen atoms in total. The highest BCUT2D eigenvalue weighted by Crippen LogP contribution is 2.43. The third kappa shape index (κ3) is 15.0. The fourth-order valence-electron chi connectivity index (χ4n) is 3.51. The van der Waals surface area contributed by atoms with Gasteiger partial charge in [0, 0.05) is 15.5 Å². The van der Waals surface area contributed by atoms with Crippen molar-refractivity contribution in [1.29, 1.82) is 0 Å². The molecule has 0 aromatic heterocycles. The molecule has 4 radical (unpaired) electrons. The topological polar surface area (TPSA) is 88.1 Å². The van der Waals surface area contributed by atoms with Crippen molar-refractivity contribution in [3.05, 3.63) is 0 Å². The van der Waals surface area contributed by atoms with Crippen LogP contribution in [-0.2, 0) is 33.0 Å². The normalized spacial score (nSPS) is 16.4. The Morgan fingerprint density at radius 1 is 0.829 bits per heavy atom. The maximum Gasteiger partial charge on any atom is 0.326 e. The summed E-state index contributed by atoms with van der Waals surface area (Å²) in [5.74, 6) is -1.64. The third-order valence-electron chi connectivity index (χ3n) is 5.34. The van der Waals surface area contributed by atoms with Crippen LogP contribution in [0.1, 0.15) is 73.1 Å². The molecule has 35 heavy (non-hydrogen) atoms. The summed E-state index contributed by atoms with van der Waals surface area (Å²) in [6.45, 7) is 14.9. The minimum Gasteiger partial charge on any atom is -0.468 e. The van der Waals surface area contributed by atoms with E-state index in [2.05, 4.69) is 15.5 Å². The Kier molecular flexibility index (Phi) is 17.2.